The third kappa shape index (κ3) is 3.67. The standard InChI is InChI=1S/C14H28N2O/c1-3-14-5-9-16(8-4-7-15-14)12(2)13-6-10-17-11-13/h12-15H,3-11H2,1-2H3. The van der Waals surface area contributed by atoms with Crippen LogP contribution in [-0.4, -0.2) is 49.8 Å². The predicted molar refractivity (Wildman–Crippen MR) is 71.3 cm³/mol. The summed E-state index contributed by atoms with van der Waals surface area (Å²) in [6.45, 7) is 10.3. The summed E-state index contributed by atoms with van der Waals surface area (Å²) in [6, 6.07) is 1.43. The van der Waals surface area contributed by atoms with Crippen LogP contribution in [0.5, 0.6) is 0 Å². The Hall–Kier alpha value is -0.120. The fourth-order valence-corrected chi connectivity index (χ4v) is 3.11. The molecule has 2 rings (SSSR count). The first-order valence-electron chi connectivity index (χ1n) is 7.36. The molecule has 2 saturated heterocycles. The van der Waals surface area contributed by atoms with Gasteiger partial charge < -0.3 is 15.0 Å². The largest absolute Gasteiger partial charge is 0.381 e. The van der Waals surface area contributed by atoms with Gasteiger partial charge in [-0.05, 0) is 58.2 Å². The molecule has 17 heavy (non-hydrogen) atoms. The monoisotopic (exact) mass is 240 g/mol. The molecule has 0 spiro atoms. The molecular weight excluding hydrogens is 212 g/mol. The van der Waals surface area contributed by atoms with Gasteiger partial charge in [-0.25, -0.2) is 0 Å². The minimum absolute atomic E-state index is 0.702. The van der Waals surface area contributed by atoms with Gasteiger partial charge in [0, 0.05) is 18.7 Å². The lowest BCUT2D eigenvalue weighted by molar-refractivity contribution is 0.116. The van der Waals surface area contributed by atoms with Gasteiger partial charge in [0.25, 0.3) is 0 Å². The molecule has 0 bridgehead atoms. The normalized spacial score (nSPS) is 34.2. The third-order valence-electron chi connectivity index (χ3n) is 4.54. The fourth-order valence-electron chi connectivity index (χ4n) is 3.11. The first kappa shape index (κ1) is 13.3. The van der Waals surface area contributed by atoms with Crippen LogP contribution in [-0.2, 0) is 4.74 Å². The van der Waals surface area contributed by atoms with Crippen LogP contribution in [0.4, 0.5) is 0 Å². The molecular formula is C14H28N2O. The second-order valence-electron chi connectivity index (χ2n) is 5.60. The molecule has 1 N–H and O–H groups in total. The van der Waals surface area contributed by atoms with Crippen LogP contribution in [0.15, 0.2) is 0 Å². The summed E-state index contributed by atoms with van der Waals surface area (Å²) < 4.78 is 5.53. The Balaban J connectivity index is 1.85. The van der Waals surface area contributed by atoms with E-state index in [4.69, 9.17) is 4.74 Å². The molecule has 100 valence electrons. The van der Waals surface area contributed by atoms with E-state index in [0.29, 0.717) is 6.04 Å². The van der Waals surface area contributed by atoms with Gasteiger partial charge in [-0.15, -0.1) is 0 Å². The van der Waals surface area contributed by atoms with E-state index in [-0.39, 0.29) is 0 Å². The lowest BCUT2D eigenvalue weighted by Crippen LogP contribution is -2.45. The molecule has 3 unspecified atom stereocenters. The number of hydrogen-bond acceptors (Lipinski definition) is 3. The van der Waals surface area contributed by atoms with Crippen molar-refractivity contribution in [2.45, 2.75) is 51.6 Å². The minimum Gasteiger partial charge on any atom is -0.381 e. The number of nitrogens with zero attached hydrogens (tertiary/aromatic N) is 1. The average Bonchev–Trinajstić information content (AvgIpc) is 2.82. The van der Waals surface area contributed by atoms with Gasteiger partial charge in [0.05, 0.1) is 6.61 Å². The van der Waals surface area contributed by atoms with Crippen LogP contribution in [0, 0.1) is 5.92 Å². The summed E-state index contributed by atoms with van der Waals surface area (Å²) in [4.78, 5) is 2.70. The summed E-state index contributed by atoms with van der Waals surface area (Å²) in [5, 5.41) is 3.65. The van der Waals surface area contributed by atoms with Gasteiger partial charge in [-0.1, -0.05) is 6.92 Å². The zero-order valence-corrected chi connectivity index (χ0v) is 11.5. The Morgan fingerprint density at radius 1 is 1.35 bits per heavy atom. The molecule has 3 nitrogen and oxygen atoms in total. The zero-order valence-electron chi connectivity index (χ0n) is 11.5. The van der Waals surface area contributed by atoms with E-state index >= 15 is 0 Å². The summed E-state index contributed by atoms with van der Waals surface area (Å²) >= 11 is 0. The molecule has 0 amide bonds. The first-order chi connectivity index (χ1) is 8.31. The van der Waals surface area contributed by atoms with E-state index in [0.717, 1.165) is 25.2 Å². The highest BCUT2D eigenvalue weighted by molar-refractivity contribution is 4.81. The minimum atomic E-state index is 0.702. The van der Waals surface area contributed by atoms with Crippen molar-refractivity contribution in [3.8, 4) is 0 Å². The Bertz CT molecular complexity index is 216. The van der Waals surface area contributed by atoms with Crippen molar-refractivity contribution < 1.29 is 4.74 Å². The maximum Gasteiger partial charge on any atom is 0.0509 e. The Labute approximate surface area is 106 Å². The van der Waals surface area contributed by atoms with E-state index in [1.165, 1.54) is 45.3 Å². The lowest BCUT2D eigenvalue weighted by atomic mass is 9.97. The summed E-state index contributed by atoms with van der Waals surface area (Å²) in [5.41, 5.74) is 0. The number of hydrogen-bond donors (Lipinski definition) is 1. The van der Waals surface area contributed by atoms with Crippen LogP contribution in [0.3, 0.4) is 0 Å². The quantitative estimate of drug-likeness (QED) is 0.815. The molecule has 3 atom stereocenters. The number of rotatable bonds is 3. The van der Waals surface area contributed by atoms with Crippen molar-refractivity contribution in [3.05, 3.63) is 0 Å². The summed E-state index contributed by atoms with van der Waals surface area (Å²) in [5.74, 6) is 0.766. The second-order valence-corrected chi connectivity index (χ2v) is 5.60. The van der Waals surface area contributed by atoms with Crippen LogP contribution < -0.4 is 5.32 Å². The van der Waals surface area contributed by atoms with E-state index < -0.39 is 0 Å². The van der Waals surface area contributed by atoms with Gasteiger partial charge in [0.15, 0.2) is 0 Å². The molecule has 2 aliphatic heterocycles. The van der Waals surface area contributed by atoms with Crippen LogP contribution in [0.2, 0.25) is 0 Å². The highest BCUT2D eigenvalue weighted by Crippen LogP contribution is 2.22. The molecule has 0 aliphatic carbocycles. The highest BCUT2D eigenvalue weighted by Gasteiger charge is 2.27. The SMILES string of the molecule is CCC1CCN(C(C)C2CCOC2)CCCN1. The molecule has 0 aromatic heterocycles. The number of ether oxygens (including phenoxy) is 1. The van der Waals surface area contributed by atoms with Gasteiger partial charge in [-0.2, -0.15) is 0 Å². The molecule has 0 aromatic carbocycles. The molecule has 0 radical (unpaired) electrons. The van der Waals surface area contributed by atoms with Crippen molar-refractivity contribution in [1.82, 2.24) is 10.2 Å². The fraction of sp³-hybridized carbons (Fsp3) is 1.00. The average molecular weight is 240 g/mol. The van der Waals surface area contributed by atoms with Gasteiger partial charge in [0.2, 0.25) is 0 Å². The molecule has 2 aliphatic rings. The molecule has 3 heteroatoms. The maximum absolute atomic E-state index is 5.53. The molecule has 2 fully saturated rings. The van der Waals surface area contributed by atoms with Crippen LogP contribution in [0.25, 0.3) is 0 Å². The Kier molecular flexibility index (Phi) is 5.26. The Morgan fingerprint density at radius 3 is 2.94 bits per heavy atom. The topological polar surface area (TPSA) is 24.5 Å². The van der Waals surface area contributed by atoms with Crippen molar-refractivity contribution in [2.24, 2.45) is 5.92 Å². The van der Waals surface area contributed by atoms with Crippen LogP contribution in [0.1, 0.15) is 39.5 Å². The van der Waals surface area contributed by atoms with Crippen LogP contribution >= 0.6 is 0 Å². The molecule has 0 saturated carbocycles. The third-order valence-corrected chi connectivity index (χ3v) is 4.54. The number of nitrogens with one attached hydrogen (secondary N) is 1. The van der Waals surface area contributed by atoms with Crippen molar-refractivity contribution in [2.75, 3.05) is 32.8 Å². The van der Waals surface area contributed by atoms with Crippen molar-refractivity contribution in [1.29, 1.82) is 0 Å². The summed E-state index contributed by atoms with van der Waals surface area (Å²) in [6.07, 6.45) is 5.10. The molecule has 2 heterocycles. The Morgan fingerprint density at radius 2 is 2.24 bits per heavy atom. The van der Waals surface area contributed by atoms with E-state index in [1.807, 2.05) is 0 Å². The van der Waals surface area contributed by atoms with E-state index in [1.54, 1.807) is 0 Å². The second kappa shape index (κ2) is 6.72. The van der Waals surface area contributed by atoms with Gasteiger partial charge >= 0.3 is 0 Å². The smallest absolute Gasteiger partial charge is 0.0509 e. The lowest BCUT2D eigenvalue weighted by Gasteiger charge is -2.35. The van der Waals surface area contributed by atoms with E-state index in [9.17, 15) is 0 Å². The van der Waals surface area contributed by atoms with Crippen molar-refractivity contribution >= 4 is 0 Å². The maximum atomic E-state index is 5.53. The molecule has 0 aromatic rings. The van der Waals surface area contributed by atoms with Gasteiger partial charge in [-0.3, -0.25) is 0 Å². The first-order valence-corrected chi connectivity index (χ1v) is 7.36. The van der Waals surface area contributed by atoms with Crippen molar-refractivity contribution in [3.63, 3.8) is 0 Å². The van der Waals surface area contributed by atoms with Gasteiger partial charge in [0.1, 0.15) is 0 Å². The summed E-state index contributed by atoms with van der Waals surface area (Å²) in [7, 11) is 0. The predicted octanol–water partition coefficient (Wildman–Crippen LogP) is 1.88. The highest BCUT2D eigenvalue weighted by atomic mass is 16.5. The zero-order chi connectivity index (χ0) is 12.1. The van der Waals surface area contributed by atoms with E-state index in [2.05, 4.69) is 24.1 Å².